The summed E-state index contributed by atoms with van der Waals surface area (Å²) in [5.74, 6) is -0.583. The van der Waals surface area contributed by atoms with Crippen molar-refractivity contribution in [3.63, 3.8) is 0 Å². The second kappa shape index (κ2) is 56.0. The van der Waals surface area contributed by atoms with Gasteiger partial charge in [0.05, 0.1) is 6.61 Å². The summed E-state index contributed by atoms with van der Waals surface area (Å²) in [7, 11) is 0. The third kappa shape index (κ3) is 53.3. The number of hydrogen-bond acceptors (Lipinski definition) is 5. The molecule has 0 aliphatic rings. The molecule has 64 heavy (non-hydrogen) atoms. The Morgan fingerprint density at radius 2 is 0.578 bits per heavy atom. The number of allylic oxidation sites excluding steroid dienone is 2. The second-order valence-electron chi connectivity index (χ2n) is 20.1. The number of hydrogen-bond donors (Lipinski definition) is 1. The standard InChI is InChI=1S/C59H114O5/c1-3-5-7-9-11-13-15-17-18-19-20-21-22-23-24-25-26-27-28-29-30-31-32-33-34-35-36-37-38-39-40-42-43-45-47-49-51-53-58(61)63-56-57(55-60)64-59(62)54-52-50-48-46-44-41-16-14-12-10-8-6-4-2/h14,16,57,60H,3-13,15,17-56H2,1-2H3/b16-14-. The van der Waals surface area contributed by atoms with Crippen LogP contribution < -0.4 is 0 Å². The number of esters is 2. The Morgan fingerprint density at radius 1 is 0.344 bits per heavy atom. The summed E-state index contributed by atoms with van der Waals surface area (Å²) in [4.78, 5) is 24.4. The van der Waals surface area contributed by atoms with Gasteiger partial charge in [0.25, 0.3) is 0 Å². The lowest BCUT2D eigenvalue weighted by Crippen LogP contribution is -2.28. The first-order valence-corrected chi connectivity index (χ1v) is 29.2. The van der Waals surface area contributed by atoms with Crippen LogP contribution in [0.25, 0.3) is 0 Å². The smallest absolute Gasteiger partial charge is 0.306 e. The molecular weight excluding hydrogens is 789 g/mol. The first-order valence-electron chi connectivity index (χ1n) is 29.2. The van der Waals surface area contributed by atoms with E-state index in [2.05, 4.69) is 26.0 Å². The number of ether oxygens (including phenoxy) is 2. The zero-order chi connectivity index (χ0) is 46.3. The molecule has 0 aromatic heterocycles. The summed E-state index contributed by atoms with van der Waals surface area (Å²) in [6.07, 6.45) is 69.4. The fourth-order valence-corrected chi connectivity index (χ4v) is 9.14. The van der Waals surface area contributed by atoms with Crippen LogP contribution in [0.15, 0.2) is 12.2 Å². The van der Waals surface area contributed by atoms with Gasteiger partial charge >= 0.3 is 11.9 Å². The second-order valence-corrected chi connectivity index (χ2v) is 20.1. The van der Waals surface area contributed by atoms with E-state index in [1.165, 1.54) is 270 Å². The van der Waals surface area contributed by atoms with Crippen LogP contribution in [0.1, 0.15) is 335 Å². The molecule has 0 saturated carbocycles. The lowest BCUT2D eigenvalue weighted by Gasteiger charge is -2.15. The van der Waals surface area contributed by atoms with Crippen molar-refractivity contribution in [3.8, 4) is 0 Å². The highest BCUT2D eigenvalue weighted by molar-refractivity contribution is 5.70. The van der Waals surface area contributed by atoms with E-state index in [4.69, 9.17) is 9.47 Å². The number of unbranched alkanes of at least 4 members (excludes halogenated alkanes) is 45. The summed E-state index contributed by atoms with van der Waals surface area (Å²) < 4.78 is 10.7. The monoisotopic (exact) mass is 903 g/mol. The fraction of sp³-hybridized carbons (Fsp3) is 0.932. The Kier molecular flexibility index (Phi) is 54.8. The molecule has 0 fully saturated rings. The summed E-state index contributed by atoms with van der Waals surface area (Å²) in [5, 5.41) is 9.61. The normalized spacial score (nSPS) is 12.1. The van der Waals surface area contributed by atoms with Gasteiger partial charge in [-0.15, -0.1) is 0 Å². The van der Waals surface area contributed by atoms with Crippen LogP contribution in [0.5, 0.6) is 0 Å². The molecule has 0 aliphatic heterocycles. The topological polar surface area (TPSA) is 72.8 Å². The van der Waals surface area contributed by atoms with Crippen LogP contribution >= 0.6 is 0 Å². The molecule has 5 nitrogen and oxygen atoms in total. The molecule has 0 aliphatic carbocycles. The van der Waals surface area contributed by atoms with E-state index >= 15 is 0 Å². The number of aliphatic hydroxyl groups excluding tert-OH is 1. The van der Waals surface area contributed by atoms with Crippen LogP contribution in [0.2, 0.25) is 0 Å². The lowest BCUT2D eigenvalue weighted by molar-refractivity contribution is -0.161. The van der Waals surface area contributed by atoms with Crippen LogP contribution in [0.4, 0.5) is 0 Å². The van der Waals surface area contributed by atoms with Gasteiger partial charge in [-0.3, -0.25) is 9.59 Å². The maximum atomic E-state index is 12.2. The average Bonchev–Trinajstić information content (AvgIpc) is 3.30. The van der Waals surface area contributed by atoms with Crippen LogP contribution in [0, 0.1) is 0 Å². The number of aliphatic hydroxyl groups is 1. The highest BCUT2D eigenvalue weighted by atomic mass is 16.6. The highest BCUT2D eigenvalue weighted by Gasteiger charge is 2.16. The minimum atomic E-state index is -0.770. The van der Waals surface area contributed by atoms with Gasteiger partial charge in [-0.1, -0.05) is 296 Å². The molecule has 1 N–H and O–H groups in total. The molecule has 5 heteroatoms. The van der Waals surface area contributed by atoms with Crippen molar-refractivity contribution in [2.45, 2.75) is 341 Å². The van der Waals surface area contributed by atoms with Gasteiger partial charge in [-0.2, -0.15) is 0 Å². The molecule has 0 aromatic rings. The summed E-state index contributed by atoms with van der Waals surface area (Å²) >= 11 is 0. The zero-order valence-electron chi connectivity index (χ0n) is 43.6. The van der Waals surface area contributed by atoms with Gasteiger partial charge < -0.3 is 14.6 Å². The van der Waals surface area contributed by atoms with Crippen LogP contribution in [-0.2, 0) is 19.1 Å². The van der Waals surface area contributed by atoms with Gasteiger partial charge in [-0.25, -0.2) is 0 Å². The molecular formula is C59H114O5. The van der Waals surface area contributed by atoms with Gasteiger partial charge in [0.1, 0.15) is 6.61 Å². The van der Waals surface area contributed by atoms with Crippen molar-refractivity contribution in [2.75, 3.05) is 13.2 Å². The molecule has 0 radical (unpaired) electrons. The fourth-order valence-electron chi connectivity index (χ4n) is 9.14. The minimum Gasteiger partial charge on any atom is -0.462 e. The van der Waals surface area contributed by atoms with E-state index in [1.807, 2.05) is 0 Å². The molecule has 0 heterocycles. The first kappa shape index (κ1) is 62.6. The molecule has 0 bridgehead atoms. The largest absolute Gasteiger partial charge is 0.462 e. The average molecular weight is 904 g/mol. The van der Waals surface area contributed by atoms with Crippen molar-refractivity contribution >= 4 is 11.9 Å². The Bertz CT molecular complexity index is 932. The minimum absolute atomic E-state index is 0.0626. The zero-order valence-corrected chi connectivity index (χ0v) is 43.6. The molecule has 1 unspecified atom stereocenters. The predicted molar refractivity (Wildman–Crippen MR) is 279 cm³/mol. The Labute approximate surface area is 401 Å². The van der Waals surface area contributed by atoms with Crippen molar-refractivity contribution in [1.29, 1.82) is 0 Å². The quantitative estimate of drug-likeness (QED) is 0.0374. The first-order chi connectivity index (χ1) is 31.6. The van der Waals surface area contributed by atoms with Gasteiger partial charge in [-0.05, 0) is 38.5 Å². The number of rotatable bonds is 55. The van der Waals surface area contributed by atoms with E-state index in [9.17, 15) is 14.7 Å². The number of carbonyl (C=O) groups excluding carboxylic acids is 2. The summed E-state index contributed by atoms with van der Waals surface area (Å²) in [6.45, 7) is 4.16. The SMILES string of the molecule is CCCCCC/C=C\CCCCCCCC(=O)OC(CO)COC(=O)CCCCCCCCCCCCCCCCCCCCCCCCCCCCCCCCCCCCCCC. The van der Waals surface area contributed by atoms with Crippen molar-refractivity contribution in [1.82, 2.24) is 0 Å². The Morgan fingerprint density at radius 3 is 0.859 bits per heavy atom. The molecule has 0 saturated heterocycles. The van der Waals surface area contributed by atoms with Gasteiger partial charge in [0, 0.05) is 12.8 Å². The van der Waals surface area contributed by atoms with E-state index in [-0.39, 0.29) is 25.2 Å². The third-order valence-corrected chi connectivity index (χ3v) is 13.6. The molecule has 1 atom stereocenters. The molecule has 0 rings (SSSR count). The van der Waals surface area contributed by atoms with Crippen LogP contribution in [-0.4, -0.2) is 36.4 Å². The van der Waals surface area contributed by atoms with Gasteiger partial charge in [0.2, 0.25) is 0 Å². The van der Waals surface area contributed by atoms with Crippen molar-refractivity contribution < 1.29 is 24.2 Å². The van der Waals surface area contributed by atoms with Crippen molar-refractivity contribution in [2.24, 2.45) is 0 Å². The lowest BCUT2D eigenvalue weighted by atomic mass is 10.0. The maximum absolute atomic E-state index is 12.2. The molecule has 380 valence electrons. The summed E-state index contributed by atoms with van der Waals surface area (Å²) in [6, 6.07) is 0. The van der Waals surface area contributed by atoms with Crippen molar-refractivity contribution in [3.05, 3.63) is 12.2 Å². The van der Waals surface area contributed by atoms with E-state index in [1.54, 1.807) is 0 Å². The molecule has 0 amide bonds. The third-order valence-electron chi connectivity index (χ3n) is 13.6. The maximum Gasteiger partial charge on any atom is 0.306 e. The van der Waals surface area contributed by atoms with E-state index < -0.39 is 6.10 Å². The summed E-state index contributed by atoms with van der Waals surface area (Å²) in [5.41, 5.74) is 0. The van der Waals surface area contributed by atoms with Crippen LogP contribution in [0.3, 0.4) is 0 Å². The molecule has 0 spiro atoms. The molecule has 0 aromatic carbocycles. The van der Waals surface area contributed by atoms with E-state index in [0.29, 0.717) is 12.8 Å². The Balaban J connectivity index is 3.33. The van der Waals surface area contributed by atoms with Gasteiger partial charge in [0.15, 0.2) is 6.10 Å². The predicted octanol–water partition coefficient (Wildman–Crippen LogP) is 19.5. The highest BCUT2D eigenvalue weighted by Crippen LogP contribution is 2.18. The van der Waals surface area contributed by atoms with E-state index in [0.717, 1.165) is 38.5 Å². The number of carbonyl (C=O) groups is 2. The Hall–Kier alpha value is -1.36.